The van der Waals surface area contributed by atoms with Crippen LogP contribution in [0.3, 0.4) is 0 Å². The van der Waals surface area contributed by atoms with Crippen LogP contribution in [0, 0.1) is 0 Å². The molecule has 5 aromatic rings. The molecule has 2 aromatic carbocycles. The lowest BCUT2D eigenvalue weighted by atomic mass is 10.1. The van der Waals surface area contributed by atoms with Gasteiger partial charge in [0.25, 0.3) is 0 Å². The lowest BCUT2D eigenvalue weighted by Gasteiger charge is -2.09. The van der Waals surface area contributed by atoms with E-state index in [1.54, 1.807) is 29.0 Å². The average Bonchev–Trinajstić information content (AvgIpc) is 3.44. The number of hydrogen-bond acceptors (Lipinski definition) is 5. The molecule has 1 N–H and O–H groups in total. The predicted molar refractivity (Wildman–Crippen MR) is 117 cm³/mol. The predicted octanol–water partition coefficient (Wildman–Crippen LogP) is 4.38. The molecule has 0 saturated carbocycles. The molecule has 5 rings (SSSR count). The number of esters is 1. The number of ether oxygens (including phenoxy) is 1. The molecule has 154 valence electrons. The Labute approximate surface area is 176 Å². The number of carbonyl (C=O) groups is 1. The highest BCUT2D eigenvalue weighted by molar-refractivity contribution is 6.04. The smallest absolute Gasteiger partial charge is 0.338 e. The number of nitrogens with one attached hydrogen (secondary N) is 1. The van der Waals surface area contributed by atoms with Crippen molar-refractivity contribution in [3.05, 3.63) is 89.0 Å². The largest absolute Gasteiger partial charge is 0.463 e. The molecule has 0 aliphatic carbocycles. The molecular formula is C24H19N3O4. The number of imidazole rings is 1. The first-order chi connectivity index (χ1) is 15.2. The van der Waals surface area contributed by atoms with Crippen LogP contribution in [0.1, 0.15) is 16.8 Å². The van der Waals surface area contributed by atoms with Crippen LogP contribution < -0.4 is 5.69 Å². The molecule has 0 saturated heterocycles. The number of nitrogens with zero attached hydrogens (tertiary/aromatic N) is 2. The van der Waals surface area contributed by atoms with Crippen LogP contribution in [0.2, 0.25) is 0 Å². The maximum atomic E-state index is 12.9. The molecule has 3 heterocycles. The van der Waals surface area contributed by atoms with Crippen LogP contribution in [0.15, 0.2) is 82.2 Å². The fraction of sp³-hybridized carbons (Fsp3) is 0.125. The molecule has 0 unspecified atom stereocenters. The lowest BCUT2D eigenvalue weighted by molar-refractivity contribution is 0.0498. The van der Waals surface area contributed by atoms with Crippen molar-refractivity contribution in [3.8, 4) is 11.5 Å². The van der Waals surface area contributed by atoms with Gasteiger partial charge in [-0.2, -0.15) is 0 Å². The van der Waals surface area contributed by atoms with Crippen LogP contribution in [-0.4, -0.2) is 27.1 Å². The molecule has 0 amide bonds. The van der Waals surface area contributed by atoms with E-state index in [0.717, 1.165) is 16.4 Å². The van der Waals surface area contributed by atoms with E-state index in [9.17, 15) is 9.59 Å². The number of rotatable bonds is 6. The summed E-state index contributed by atoms with van der Waals surface area (Å²) in [7, 11) is 0. The third-order valence-electron chi connectivity index (χ3n) is 5.15. The van der Waals surface area contributed by atoms with Crippen LogP contribution >= 0.6 is 0 Å². The summed E-state index contributed by atoms with van der Waals surface area (Å²) in [6.07, 6.45) is 2.08. The van der Waals surface area contributed by atoms with Crippen LogP contribution in [0.25, 0.3) is 33.4 Å². The fourth-order valence-electron chi connectivity index (χ4n) is 3.69. The minimum Gasteiger partial charge on any atom is -0.463 e. The van der Waals surface area contributed by atoms with Crippen LogP contribution in [-0.2, 0) is 11.3 Å². The van der Waals surface area contributed by atoms with Gasteiger partial charge in [-0.3, -0.25) is 4.57 Å². The zero-order valence-electron chi connectivity index (χ0n) is 16.6. The van der Waals surface area contributed by atoms with Crippen molar-refractivity contribution in [3.63, 3.8) is 0 Å². The lowest BCUT2D eigenvalue weighted by Crippen LogP contribution is -2.18. The molecular weight excluding hydrogens is 394 g/mol. The number of aryl methyl sites for hydroxylation is 1. The summed E-state index contributed by atoms with van der Waals surface area (Å²) in [6, 6.07) is 20.2. The van der Waals surface area contributed by atoms with Crippen molar-refractivity contribution in [1.82, 2.24) is 14.5 Å². The molecule has 0 spiro atoms. The van der Waals surface area contributed by atoms with Crippen LogP contribution in [0.4, 0.5) is 0 Å². The normalized spacial score (nSPS) is 11.2. The Morgan fingerprint density at radius 3 is 2.77 bits per heavy atom. The van der Waals surface area contributed by atoms with Crippen molar-refractivity contribution >= 4 is 27.9 Å². The van der Waals surface area contributed by atoms with Crippen molar-refractivity contribution in [2.24, 2.45) is 0 Å². The van der Waals surface area contributed by atoms with Gasteiger partial charge in [-0.05, 0) is 42.8 Å². The Balaban J connectivity index is 1.33. The van der Waals surface area contributed by atoms with Crippen molar-refractivity contribution < 1.29 is 13.9 Å². The van der Waals surface area contributed by atoms with Crippen molar-refractivity contribution in [2.75, 3.05) is 6.61 Å². The number of H-pyrrole nitrogens is 1. The first-order valence-electron chi connectivity index (χ1n) is 9.99. The molecule has 0 atom stereocenters. The Bertz CT molecular complexity index is 1430. The maximum absolute atomic E-state index is 12.9. The number of hydrogen-bond donors (Lipinski definition) is 1. The van der Waals surface area contributed by atoms with E-state index < -0.39 is 5.97 Å². The third kappa shape index (κ3) is 3.61. The molecule has 0 radical (unpaired) electrons. The Hall–Kier alpha value is -4.13. The summed E-state index contributed by atoms with van der Waals surface area (Å²) in [5.41, 5.74) is 3.15. The minimum absolute atomic E-state index is 0.171. The molecule has 0 aliphatic rings. The Morgan fingerprint density at radius 2 is 1.90 bits per heavy atom. The molecule has 7 nitrogen and oxygen atoms in total. The third-order valence-corrected chi connectivity index (χ3v) is 5.15. The summed E-state index contributed by atoms with van der Waals surface area (Å²) in [5, 5.41) is 0.718. The van der Waals surface area contributed by atoms with E-state index >= 15 is 0 Å². The van der Waals surface area contributed by atoms with Gasteiger partial charge < -0.3 is 14.1 Å². The number of benzene rings is 2. The number of carbonyl (C=O) groups excluding carboxylic acids is 1. The average molecular weight is 413 g/mol. The Kier molecular flexibility index (Phi) is 4.84. The quantitative estimate of drug-likeness (QED) is 0.329. The number of pyridine rings is 1. The summed E-state index contributed by atoms with van der Waals surface area (Å²) >= 11 is 0. The SMILES string of the molecule is O=C(OCCCn1c(=O)[nH]c2ccccc21)c1cc(-c2ccco2)nc2ccccc12. The van der Waals surface area contributed by atoms with Gasteiger partial charge in [0.05, 0.1) is 35.0 Å². The number of furan rings is 1. The van der Waals surface area contributed by atoms with Crippen molar-refractivity contribution in [1.29, 1.82) is 0 Å². The number of fused-ring (bicyclic) bond motifs is 2. The van der Waals surface area contributed by atoms with Gasteiger partial charge in [-0.15, -0.1) is 0 Å². The van der Waals surface area contributed by atoms with E-state index in [0.29, 0.717) is 35.5 Å². The second kappa shape index (κ2) is 7.95. The van der Waals surface area contributed by atoms with E-state index in [1.165, 1.54) is 0 Å². The summed E-state index contributed by atoms with van der Waals surface area (Å²) in [5.74, 6) is 0.149. The minimum atomic E-state index is -0.433. The van der Waals surface area contributed by atoms with E-state index in [1.807, 2.05) is 48.5 Å². The van der Waals surface area contributed by atoms with Crippen molar-refractivity contribution in [2.45, 2.75) is 13.0 Å². The standard InChI is InChI=1S/C24H19N3O4/c28-23(31-14-6-12-27-21-10-4-3-9-19(21)26-24(27)29)17-15-20(22-11-5-13-30-22)25-18-8-2-1-7-16(17)18/h1-5,7-11,13,15H,6,12,14H2,(H,26,29). The number of para-hydroxylation sites is 3. The first kappa shape index (κ1) is 18.9. The Morgan fingerprint density at radius 1 is 1.06 bits per heavy atom. The molecule has 31 heavy (non-hydrogen) atoms. The monoisotopic (exact) mass is 413 g/mol. The topological polar surface area (TPSA) is 90.1 Å². The summed E-state index contributed by atoms with van der Waals surface area (Å²) in [6.45, 7) is 0.641. The van der Waals surface area contributed by atoms with E-state index in [-0.39, 0.29) is 12.3 Å². The van der Waals surface area contributed by atoms with Gasteiger partial charge in [0.15, 0.2) is 5.76 Å². The van der Waals surface area contributed by atoms with Gasteiger partial charge >= 0.3 is 11.7 Å². The van der Waals surface area contributed by atoms with Gasteiger partial charge in [0.1, 0.15) is 5.69 Å². The summed E-state index contributed by atoms with van der Waals surface area (Å²) < 4.78 is 12.6. The second-order valence-electron chi connectivity index (χ2n) is 7.14. The first-order valence-corrected chi connectivity index (χ1v) is 9.99. The highest BCUT2D eigenvalue weighted by Crippen LogP contribution is 2.25. The molecule has 7 heteroatoms. The fourth-order valence-corrected chi connectivity index (χ4v) is 3.69. The van der Waals surface area contributed by atoms with Gasteiger partial charge in [0.2, 0.25) is 0 Å². The molecule has 0 fully saturated rings. The van der Waals surface area contributed by atoms with Crippen LogP contribution in [0.5, 0.6) is 0 Å². The van der Waals surface area contributed by atoms with Gasteiger partial charge in [-0.1, -0.05) is 30.3 Å². The van der Waals surface area contributed by atoms with Gasteiger partial charge in [-0.25, -0.2) is 14.6 Å². The number of aromatic nitrogens is 3. The molecule has 3 aromatic heterocycles. The zero-order chi connectivity index (χ0) is 21.2. The molecule has 0 aliphatic heterocycles. The zero-order valence-corrected chi connectivity index (χ0v) is 16.6. The highest BCUT2D eigenvalue weighted by Gasteiger charge is 2.16. The summed E-state index contributed by atoms with van der Waals surface area (Å²) in [4.78, 5) is 32.4. The highest BCUT2D eigenvalue weighted by atomic mass is 16.5. The van der Waals surface area contributed by atoms with E-state index in [4.69, 9.17) is 9.15 Å². The van der Waals surface area contributed by atoms with E-state index in [2.05, 4.69) is 9.97 Å². The maximum Gasteiger partial charge on any atom is 0.338 e. The molecule has 0 bridgehead atoms. The van der Waals surface area contributed by atoms with Gasteiger partial charge in [0, 0.05) is 11.9 Å². The second-order valence-corrected chi connectivity index (χ2v) is 7.14. The number of aromatic amines is 1.